The van der Waals surface area contributed by atoms with Crippen LogP contribution in [-0.4, -0.2) is 25.3 Å². The maximum atomic E-state index is 13.3. The number of halogens is 2. The van der Waals surface area contributed by atoms with Crippen molar-refractivity contribution in [2.24, 2.45) is 0 Å². The van der Waals surface area contributed by atoms with Gasteiger partial charge >= 0.3 is 6.03 Å². The molecule has 1 aliphatic rings. The van der Waals surface area contributed by atoms with Crippen molar-refractivity contribution >= 4 is 6.03 Å². The van der Waals surface area contributed by atoms with Crippen molar-refractivity contribution in [1.29, 1.82) is 0 Å². The van der Waals surface area contributed by atoms with Crippen LogP contribution in [0.25, 0.3) is 0 Å². The number of ether oxygens (including phenoxy) is 1. The van der Waals surface area contributed by atoms with Crippen molar-refractivity contribution < 1.29 is 18.3 Å². The summed E-state index contributed by atoms with van der Waals surface area (Å²) in [5.41, 5.74) is 0.118. The van der Waals surface area contributed by atoms with Crippen LogP contribution in [0.3, 0.4) is 0 Å². The highest BCUT2D eigenvalue weighted by Crippen LogP contribution is 2.09. The zero-order valence-corrected chi connectivity index (χ0v) is 9.71. The summed E-state index contributed by atoms with van der Waals surface area (Å²) in [6, 6.07) is 2.72. The lowest BCUT2D eigenvalue weighted by atomic mass is 10.2. The van der Waals surface area contributed by atoms with Crippen LogP contribution in [0, 0.1) is 11.6 Å². The number of amides is 2. The van der Waals surface area contributed by atoms with Gasteiger partial charge in [0.05, 0.1) is 12.6 Å². The Morgan fingerprint density at radius 3 is 3.00 bits per heavy atom. The summed E-state index contributed by atoms with van der Waals surface area (Å²) < 4.78 is 31.3. The number of nitrogens with one attached hydrogen (secondary N) is 2. The minimum Gasteiger partial charge on any atom is -0.379 e. The van der Waals surface area contributed by atoms with Gasteiger partial charge in [0.25, 0.3) is 0 Å². The monoisotopic (exact) mass is 256 g/mol. The summed E-state index contributed by atoms with van der Waals surface area (Å²) in [5.74, 6) is -1.07. The van der Waals surface area contributed by atoms with Gasteiger partial charge in [-0.05, 0) is 24.6 Å². The van der Waals surface area contributed by atoms with E-state index in [2.05, 4.69) is 10.6 Å². The molecule has 0 aromatic heterocycles. The molecule has 2 N–H and O–H groups in total. The normalized spacial score (nSPS) is 18.7. The molecule has 1 unspecified atom stereocenters. The summed E-state index contributed by atoms with van der Waals surface area (Å²) in [5, 5.41) is 5.17. The van der Waals surface area contributed by atoms with Crippen molar-refractivity contribution in [1.82, 2.24) is 10.6 Å². The fourth-order valence-electron chi connectivity index (χ4n) is 1.74. The fraction of sp³-hybridized carbons (Fsp3) is 0.417. The van der Waals surface area contributed by atoms with E-state index in [4.69, 9.17) is 4.74 Å². The molecule has 0 radical (unpaired) electrons. The molecule has 0 saturated carbocycles. The molecule has 1 heterocycles. The Kier molecular flexibility index (Phi) is 4.09. The molecule has 6 heteroatoms. The lowest BCUT2D eigenvalue weighted by molar-refractivity contribution is 0.188. The predicted octanol–water partition coefficient (Wildman–Crippen LogP) is 1.55. The molecule has 1 atom stereocenters. The quantitative estimate of drug-likeness (QED) is 0.862. The van der Waals surface area contributed by atoms with E-state index >= 15 is 0 Å². The Bertz CT molecular complexity index is 434. The molecular weight excluding hydrogens is 242 g/mol. The third kappa shape index (κ3) is 3.40. The van der Waals surface area contributed by atoms with Crippen molar-refractivity contribution in [2.75, 3.05) is 13.2 Å². The van der Waals surface area contributed by atoms with E-state index < -0.39 is 17.7 Å². The third-order valence-electron chi connectivity index (χ3n) is 2.71. The molecule has 1 aliphatic heterocycles. The maximum Gasteiger partial charge on any atom is 0.315 e. The molecule has 1 fully saturated rings. The second-order valence-electron chi connectivity index (χ2n) is 4.12. The standard InChI is InChI=1S/C12H14F2N2O2/c13-9-1-2-11(14)8(5-9)6-15-12(17)16-10-3-4-18-7-10/h1-2,5,10H,3-4,6-7H2,(H2,15,16,17). The number of hydrogen-bond donors (Lipinski definition) is 2. The molecular formula is C12H14F2N2O2. The molecule has 0 aliphatic carbocycles. The van der Waals surface area contributed by atoms with Crippen LogP contribution < -0.4 is 10.6 Å². The van der Waals surface area contributed by atoms with E-state index in [0.717, 1.165) is 24.6 Å². The molecule has 0 spiro atoms. The summed E-state index contributed by atoms with van der Waals surface area (Å²) in [7, 11) is 0. The Morgan fingerprint density at radius 1 is 1.44 bits per heavy atom. The lowest BCUT2D eigenvalue weighted by Gasteiger charge is -2.12. The number of carbonyl (C=O) groups excluding carboxylic acids is 1. The van der Waals surface area contributed by atoms with Gasteiger partial charge in [-0.25, -0.2) is 13.6 Å². The molecule has 4 nitrogen and oxygen atoms in total. The topological polar surface area (TPSA) is 50.4 Å². The van der Waals surface area contributed by atoms with Crippen molar-refractivity contribution in [3.63, 3.8) is 0 Å². The smallest absolute Gasteiger partial charge is 0.315 e. The first-order valence-electron chi connectivity index (χ1n) is 5.71. The van der Waals surface area contributed by atoms with Gasteiger partial charge in [0, 0.05) is 18.7 Å². The predicted molar refractivity (Wildman–Crippen MR) is 61.0 cm³/mol. The first-order valence-corrected chi connectivity index (χ1v) is 5.71. The van der Waals surface area contributed by atoms with E-state index in [1.165, 1.54) is 0 Å². The Morgan fingerprint density at radius 2 is 2.28 bits per heavy atom. The summed E-state index contributed by atoms with van der Waals surface area (Å²) >= 11 is 0. The zero-order valence-electron chi connectivity index (χ0n) is 9.71. The van der Waals surface area contributed by atoms with Gasteiger partial charge in [-0.2, -0.15) is 0 Å². The van der Waals surface area contributed by atoms with Gasteiger partial charge in [-0.15, -0.1) is 0 Å². The highest BCUT2D eigenvalue weighted by Gasteiger charge is 2.17. The van der Waals surface area contributed by atoms with Gasteiger partial charge in [-0.1, -0.05) is 0 Å². The number of carbonyl (C=O) groups is 1. The molecule has 2 rings (SSSR count). The maximum absolute atomic E-state index is 13.3. The van der Waals surface area contributed by atoms with Gasteiger partial charge in [0.15, 0.2) is 0 Å². The van der Waals surface area contributed by atoms with Gasteiger partial charge in [-0.3, -0.25) is 0 Å². The minimum absolute atomic E-state index is 0.0117. The molecule has 1 aromatic carbocycles. The van der Waals surface area contributed by atoms with E-state index in [1.54, 1.807) is 0 Å². The molecule has 18 heavy (non-hydrogen) atoms. The van der Waals surface area contributed by atoms with Crippen LogP contribution in [-0.2, 0) is 11.3 Å². The minimum atomic E-state index is -0.541. The van der Waals surface area contributed by atoms with Crippen molar-refractivity contribution in [3.05, 3.63) is 35.4 Å². The highest BCUT2D eigenvalue weighted by atomic mass is 19.1. The highest BCUT2D eigenvalue weighted by molar-refractivity contribution is 5.74. The Hall–Kier alpha value is -1.69. The second-order valence-corrected chi connectivity index (χ2v) is 4.12. The average molecular weight is 256 g/mol. The molecule has 98 valence electrons. The Labute approximate surface area is 103 Å². The first kappa shape index (κ1) is 12.8. The first-order chi connectivity index (χ1) is 8.65. The zero-order chi connectivity index (χ0) is 13.0. The molecule has 2 amide bonds. The summed E-state index contributed by atoms with van der Waals surface area (Å²) in [6.07, 6.45) is 0.766. The Balaban J connectivity index is 1.83. The van der Waals surface area contributed by atoms with Crippen molar-refractivity contribution in [2.45, 2.75) is 19.0 Å². The van der Waals surface area contributed by atoms with Crippen LogP contribution in [0.2, 0.25) is 0 Å². The molecule has 0 bridgehead atoms. The van der Waals surface area contributed by atoms with Crippen LogP contribution in [0.15, 0.2) is 18.2 Å². The van der Waals surface area contributed by atoms with Gasteiger partial charge in [0.2, 0.25) is 0 Å². The number of rotatable bonds is 3. The number of urea groups is 1. The largest absolute Gasteiger partial charge is 0.379 e. The van der Waals surface area contributed by atoms with Crippen LogP contribution in [0.4, 0.5) is 13.6 Å². The van der Waals surface area contributed by atoms with E-state index in [-0.39, 0.29) is 18.2 Å². The summed E-state index contributed by atoms with van der Waals surface area (Å²) in [4.78, 5) is 11.5. The van der Waals surface area contributed by atoms with Gasteiger partial charge in [0.1, 0.15) is 11.6 Å². The molecule has 1 saturated heterocycles. The van der Waals surface area contributed by atoms with E-state index in [1.807, 2.05) is 0 Å². The lowest BCUT2D eigenvalue weighted by Crippen LogP contribution is -2.42. The second kappa shape index (κ2) is 5.77. The number of hydrogen-bond acceptors (Lipinski definition) is 2. The van der Waals surface area contributed by atoms with Crippen LogP contribution >= 0.6 is 0 Å². The van der Waals surface area contributed by atoms with Crippen LogP contribution in [0.1, 0.15) is 12.0 Å². The number of benzene rings is 1. The van der Waals surface area contributed by atoms with Crippen LogP contribution in [0.5, 0.6) is 0 Å². The van der Waals surface area contributed by atoms with Crippen molar-refractivity contribution in [3.8, 4) is 0 Å². The summed E-state index contributed by atoms with van der Waals surface area (Å²) in [6.45, 7) is 1.06. The molecule has 1 aromatic rings. The SMILES string of the molecule is O=C(NCc1cc(F)ccc1F)NC1CCOC1. The van der Waals surface area contributed by atoms with E-state index in [9.17, 15) is 13.6 Å². The van der Waals surface area contributed by atoms with Gasteiger partial charge < -0.3 is 15.4 Å². The third-order valence-corrected chi connectivity index (χ3v) is 2.71. The van der Waals surface area contributed by atoms with E-state index in [0.29, 0.717) is 13.2 Å². The average Bonchev–Trinajstić information content (AvgIpc) is 2.83. The fourth-order valence-corrected chi connectivity index (χ4v) is 1.74.